The normalized spacial score (nSPS) is 24.4. The lowest BCUT2D eigenvalue weighted by Crippen LogP contribution is -2.05. The smallest absolute Gasteiger partial charge is 0.302 e. The number of Topliss-reactive ketones (excluding diaryl/α,β-unsaturated/α-hetero) is 1. The molecule has 0 aliphatic carbocycles. The van der Waals surface area contributed by atoms with Gasteiger partial charge in [0.05, 0.1) is 12.7 Å². The maximum Gasteiger partial charge on any atom is 0.302 e. The molecule has 0 radical (unpaired) electrons. The van der Waals surface area contributed by atoms with E-state index in [-0.39, 0.29) is 24.0 Å². The Hall–Kier alpha value is -0.900. The van der Waals surface area contributed by atoms with Crippen LogP contribution in [0.5, 0.6) is 0 Å². The molecule has 14 heavy (non-hydrogen) atoms. The summed E-state index contributed by atoms with van der Waals surface area (Å²) in [6.45, 7) is 3.41. The second kappa shape index (κ2) is 5.10. The molecule has 1 aliphatic rings. The first-order chi connectivity index (χ1) is 6.61. The number of epoxide rings is 1. The van der Waals surface area contributed by atoms with Crippen LogP contribution in [0.3, 0.4) is 0 Å². The van der Waals surface area contributed by atoms with Crippen molar-refractivity contribution < 1.29 is 19.1 Å². The first-order valence-electron chi connectivity index (χ1n) is 4.90. The highest BCUT2D eigenvalue weighted by Crippen LogP contribution is 2.27. The van der Waals surface area contributed by atoms with Crippen LogP contribution in [0.2, 0.25) is 0 Å². The predicted octanol–water partition coefficient (Wildman–Crippen LogP) is 1.08. The van der Waals surface area contributed by atoms with E-state index >= 15 is 0 Å². The number of ketones is 1. The quantitative estimate of drug-likeness (QED) is 0.365. The number of rotatable bonds is 6. The molecule has 0 spiro atoms. The zero-order valence-electron chi connectivity index (χ0n) is 8.62. The summed E-state index contributed by atoms with van der Waals surface area (Å²) in [5.74, 6) is -0.135. The van der Waals surface area contributed by atoms with Gasteiger partial charge in [-0.1, -0.05) is 0 Å². The van der Waals surface area contributed by atoms with Gasteiger partial charge in [0, 0.05) is 6.92 Å². The molecule has 1 fully saturated rings. The molecule has 80 valence electrons. The van der Waals surface area contributed by atoms with E-state index in [9.17, 15) is 9.59 Å². The van der Waals surface area contributed by atoms with Crippen LogP contribution < -0.4 is 0 Å². The molecule has 1 aliphatic heterocycles. The van der Waals surface area contributed by atoms with Crippen LogP contribution in [0.15, 0.2) is 0 Å². The van der Waals surface area contributed by atoms with Gasteiger partial charge >= 0.3 is 5.97 Å². The van der Waals surface area contributed by atoms with Gasteiger partial charge in [0.25, 0.3) is 0 Å². The van der Waals surface area contributed by atoms with Crippen LogP contribution in [-0.2, 0) is 19.1 Å². The molecule has 0 bridgehead atoms. The highest BCUT2D eigenvalue weighted by Gasteiger charge is 2.41. The summed E-state index contributed by atoms with van der Waals surface area (Å²) in [5.41, 5.74) is 0. The lowest BCUT2D eigenvalue weighted by Gasteiger charge is -1.99. The fraction of sp³-hybridized carbons (Fsp3) is 0.800. The van der Waals surface area contributed by atoms with Crippen LogP contribution in [0.25, 0.3) is 0 Å². The third-order valence-electron chi connectivity index (χ3n) is 2.17. The first-order valence-corrected chi connectivity index (χ1v) is 4.90. The second-order valence-corrected chi connectivity index (χ2v) is 3.54. The Morgan fingerprint density at radius 3 is 2.50 bits per heavy atom. The zero-order valence-corrected chi connectivity index (χ0v) is 8.62. The summed E-state index contributed by atoms with van der Waals surface area (Å²) in [6.07, 6.45) is 2.60. The van der Waals surface area contributed by atoms with Gasteiger partial charge in [-0.05, 0) is 26.2 Å². The van der Waals surface area contributed by atoms with E-state index in [0.717, 1.165) is 19.3 Å². The van der Waals surface area contributed by atoms with Gasteiger partial charge in [-0.25, -0.2) is 0 Å². The van der Waals surface area contributed by atoms with E-state index in [1.165, 1.54) is 6.92 Å². The number of hydrogen-bond acceptors (Lipinski definition) is 4. The van der Waals surface area contributed by atoms with E-state index in [1.807, 2.05) is 0 Å². The Balaban J connectivity index is 1.91. The molecule has 1 rings (SSSR count). The number of carbonyl (C=O) groups is 2. The number of ether oxygens (including phenoxy) is 2. The van der Waals surface area contributed by atoms with Crippen molar-refractivity contribution in [2.75, 3.05) is 6.61 Å². The molecule has 4 heteroatoms. The van der Waals surface area contributed by atoms with Crippen LogP contribution in [0, 0.1) is 0 Å². The minimum Gasteiger partial charge on any atom is -0.466 e. The maximum absolute atomic E-state index is 10.8. The highest BCUT2D eigenvalue weighted by atomic mass is 16.6. The summed E-state index contributed by atoms with van der Waals surface area (Å²) >= 11 is 0. The van der Waals surface area contributed by atoms with Crippen molar-refractivity contribution in [3.05, 3.63) is 0 Å². The maximum atomic E-state index is 10.8. The lowest BCUT2D eigenvalue weighted by atomic mass is 10.1. The average molecular weight is 200 g/mol. The zero-order chi connectivity index (χ0) is 10.6. The van der Waals surface area contributed by atoms with Gasteiger partial charge in [-0.2, -0.15) is 0 Å². The summed E-state index contributed by atoms with van der Waals surface area (Å²) < 4.78 is 9.92. The molecule has 0 aromatic carbocycles. The molecule has 2 atom stereocenters. The second-order valence-electron chi connectivity index (χ2n) is 3.54. The average Bonchev–Trinajstić information content (AvgIpc) is 2.82. The van der Waals surface area contributed by atoms with Gasteiger partial charge in [-0.15, -0.1) is 0 Å². The Labute approximate surface area is 83.6 Å². The monoisotopic (exact) mass is 200 g/mol. The van der Waals surface area contributed by atoms with E-state index in [4.69, 9.17) is 9.47 Å². The number of carbonyl (C=O) groups excluding carboxylic acids is 2. The summed E-state index contributed by atoms with van der Waals surface area (Å²) in [4.78, 5) is 21.2. The first kappa shape index (κ1) is 11.2. The SMILES string of the molecule is CC(=O)OCCCC[C@H]1O[C@H]1C(C)=O. The van der Waals surface area contributed by atoms with Crippen molar-refractivity contribution in [1.82, 2.24) is 0 Å². The standard InChI is InChI=1S/C10H16O4/c1-7(11)10-9(14-10)5-3-4-6-13-8(2)12/h9-10H,3-6H2,1-2H3/t9-,10+/m1/s1. The van der Waals surface area contributed by atoms with Gasteiger partial charge in [-0.3, -0.25) is 9.59 Å². The topological polar surface area (TPSA) is 55.9 Å². The van der Waals surface area contributed by atoms with E-state index < -0.39 is 0 Å². The van der Waals surface area contributed by atoms with Crippen LogP contribution in [0.4, 0.5) is 0 Å². The molecule has 0 N–H and O–H groups in total. The summed E-state index contributed by atoms with van der Waals surface area (Å²) in [5, 5.41) is 0. The highest BCUT2D eigenvalue weighted by molar-refractivity contribution is 5.83. The molecule has 0 amide bonds. The predicted molar refractivity (Wildman–Crippen MR) is 49.8 cm³/mol. The van der Waals surface area contributed by atoms with Crippen molar-refractivity contribution in [2.45, 2.75) is 45.3 Å². The molecule has 4 nitrogen and oxygen atoms in total. The summed E-state index contributed by atoms with van der Waals surface area (Å²) in [6, 6.07) is 0. The van der Waals surface area contributed by atoms with Crippen LogP contribution in [-0.4, -0.2) is 30.6 Å². The third kappa shape index (κ3) is 3.87. The largest absolute Gasteiger partial charge is 0.466 e. The Morgan fingerprint density at radius 1 is 1.29 bits per heavy atom. The molecule has 1 saturated heterocycles. The van der Waals surface area contributed by atoms with Gasteiger partial charge < -0.3 is 9.47 Å². The molecule has 0 unspecified atom stereocenters. The van der Waals surface area contributed by atoms with Crippen LogP contribution in [0.1, 0.15) is 33.1 Å². The number of esters is 1. The van der Waals surface area contributed by atoms with Crippen LogP contribution >= 0.6 is 0 Å². The van der Waals surface area contributed by atoms with Gasteiger partial charge in [0.2, 0.25) is 0 Å². The van der Waals surface area contributed by atoms with Crippen molar-refractivity contribution in [3.63, 3.8) is 0 Å². The summed E-state index contributed by atoms with van der Waals surface area (Å²) in [7, 11) is 0. The molecule has 1 heterocycles. The van der Waals surface area contributed by atoms with Gasteiger partial charge in [0.1, 0.15) is 6.10 Å². The van der Waals surface area contributed by atoms with Crippen molar-refractivity contribution in [3.8, 4) is 0 Å². The lowest BCUT2D eigenvalue weighted by molar-refractivity contribution is -0.141. The van der Waals surface area contributed by atoms with E-state index in [2.05, 4.69) is 0 Å². The van der Waals surface area contributed by atoms with E-state index in [0.29, 0.717) is 6.61 Å². The number of unbranched alkanes of at least 4 members (excludes halogenated alkanes) is 1. The van der Waals surface area contributed by atoms with E-state index in [1.54, 1.807) is 6.92 Å². The minimum atomic E-state index is -0.241. The Kier molecular flexibility index (Phi) is 4.07. The van der Waals surface area contributed by atoms with Crippen molar-refractivity contribution in [2.24, 2.45) is 0 Å². The molecule has 0 saturated carbocycles. The fourth-order valence-electron chi connectivity index (χ4n) is 1.38. The van der Waals surface area contributed by atoms with Crippen molar-refractivity contribution >= 4 is 11.8 Å². The molecular formula is C10H16O4. The number of hydrogen-bond donors (Lipinski definition) is 0. The Bertz CT molecular complexity index is 224. The fourth-order valence-corrected chi connectivity index (χ4v) is 1.38. The molecular weight excluding hydrogens is 184 g/mol. The minimum absolute atomic E-state index is 0.106. The Morgan fingerprint density at radius 2 is 2.00 bits per heavy atom. The molecule has 0 aromatic heterocycles. The molecule has 0 aromatic rings. The third-order valence-corrected chi connectivity index (χ3v) is 2.17. The van der Waals surface area contributed by atoms with Crippen molar-refractivity contribution in [1.29, 1.82) is 0 Å². The van der Waals surface area contributed by atoms with Gasteiger partial charge in [0.15, 0.2) is 5.78 Å².